The quantitative estimate of drug-likeness (QED) is 0.160. The standard InChI is InChI=1S/C23H32F3N7O/c1-13(2)11-33(12-14(3)4)22-18(26)7-15(9-21(31-27)32-28)8-20(22)30-23(34)29-19-6-5-16(24)10-17(19)25/h5-8,10,13-14H,9,11-12,27-28H2,1-4H3,(H,31,32)(H2,29,30,34). The van der Waals surface area contributed by atoms with Crippen molar-refractivity contribution >= 4 is 28.9 Å². The van der Waals surface area contributed by atoms with Crippen LogP contribution in [0.5, 0.6) is 0 Å². The summed E-state index contributed by atoms with van der Waals surface area (Å²) in [6.07, 6.45) is 0.0848. The SMILES string of the molecule is CC(C)CN(CC(C)C)c1c(F)cc(C/C(=N/N)NN)cc1NC(=O)Nc1ccc(F)cc1F. The van der Waals surface area contributed by atoms with Crippen molar-refractivity contribution < 1.29 is 18.0 Å². The molecule has 186 valence electrons. The molecule has 0 spiro atoms. The summed E-state index contributed by atoms with van der Waals surface area (Å²) in [5.74, 6) is 9.03. The van der Waals surface area contributed by atoms with Crippen LogP contribution in [0.4, 0.5) is 35.0 Å². The average molecular weight is 480 g/mol. The lowest BCUT2D eigenvalue weighted by Gasteiger charge is -2.31. The Labute approximate surface area is 197 Å². The summed E-state index contributed by atoms with van der Waals surface area (Å²) in [5, 5.41) is 8.44. The predicted molar refractivity (Wildman–Crippen MR) is 130 cm³/mol. The Morgan fingerprint density at radius 2 is 1.59 bits per heavy atom. The topological polar surface area (TPSA) is 121 Å². The zero-order valence-electron chi connectivity index (χ0n) is 19.8. The highest BCUT2D eigenvalue weighted by atomic mass is 19.1. The van der Waals surface area contributed by atoms with Crippen molar-refractivity contribution in [3.05, 3.63) is 53.3 Å². The van der Waals surface area contributed by atoms with Crippen LogP contribution in [0.1, 0.15) is 33.3 Å². The van der Waals surface area contributed by atoms with E-state index in [1.807, 2.05) is 32.6 Å². The molecule has 2 rings (SSSR count). The van der Waals surface area contributed by atoms with Crippen LogP contribution in [0.25, 0.3) is 0 Å². The molecule has 0 aromatic heterocycles. The summed E-state index contributed by atoms with van der Waals surface area (Å²) in [7, 11) is 0. The summed E-state index contributed by atoms with van der Waals surface area (Å²) < 4.78 is 42.7. The molecule has 11 heteroatoms. The van der Waals surface area contributed by atoms with Crippen LogP contribution in [0.3, 0.4) is 0 Å². The Bertz CT molecular complexity index is 1020. The van der Waals surface area contributed by atoms with Crippen molar-refractivity contribution in [2.75, 3.05) is 28.6 Å². The summed E-state index contributed by atoms with van der Waals surface area (Å²) in [5.41, 5.74) is 2.93. The number of nitrogens with two attached hydrogens (primary N) is 2. The van der Waals surface area contributed by atoms with Gasteiger partial charge in [0.05, 0.1) is 17.1 Å². The maximum Gasteiger partial charge on any atom is 0.323 e. The normalized spacial score (nSPS) is 11.6. The number of hydrazine groups is 1. The third-order valence-corrected chi connectivity index (χ3v) is 4.73. The molecule has 34 heavy (non-hydrogen) atoms. The second-order valence-corrected chi connectivity index (χ2v) is 8.77. The Hall–Kier alpha value is -3.47. The maximum absolute atomic E-state index is 15.5. The van der Waals surface area contributed by atoms with Crippen molar-refractivity contribution in [3.63, 3.8) is 0 Å². The summed E-state index contributed by atoms with van der Waals surface area (Å²) in [6, 6.07) is 4.86. The molecule has 0 atom stereocenters. The molecule has 0 saturated carbocycles. The number of nitrogens with zero attached hydrogens (tertiary/aromatic N) is 2. The van der Waals surface area contributed by atoms with E-state index in [9.17, 15) is 13.6 Å². The number of benzene rings is 2. The van der Waals surface area contributed by atoms with Crippen molar-refractivity contribution in [1.29, 1.82) is 0 Å². The summed E-state index contributed by atoms with van der Waals surface area (Å²) in [4.78, 5) is 14.6. The predicted octanol–water partition coefficient (Wildman–Crippen LogP) is 4.14. The molecule has 2 aromatic rings. The number of carbonyl (C=O) groups is 1. The fourth-order valence-electron chi connectivity index (χ4n) is 3.51. The number of hydrogen-bond donors (Lipinski definition) is 5. The van der Waals surface area contributed by atoms with E-state index in [0.717, 1.165) is 12.1 Å². The molecule has 0 aliphatic rings. The van der Waals surface area contributed by atoms with Gasteiger partial charge in [-0.15, -0.1) is 0 Å². The van der Waals surface area contributed by atoms with E-state index < -0.39 is 23.5 Å². The number of halogens is 3. The number of hydrogen-bond acceptors (Lipinski definition) is 5. The van der Waals surface area contributed by atoms with Gasteiger partial charge in [0.15, 0.2) is 0 Å². The second kappa shape index (κ2) is 12.1. The third kappa shape index (κ3) is 7.55. The van der Waals surface area contributed by atoms with Gasteiger partial charge in [-0.2, -0.15) is 5.10 Å². The molecule has 0 fully saturated rings. The number of amides is 2. The van der Waals surface area contributed by atoms with Gasteiger partial charge < -0.3 is 26.8 Å². The molecule has 8 nitrogen and oxygen atoms in total. The van der Waals surface area contributed by atoms with Crippen molar-refractivity contribution in [1.82, 2.24) is 5.43 Å². The number of hydrazone groups is 1. The van der Waals surface area contributed by atoms with Gasteiger partial charge in [-0.25, -0.2) is 23.8 Å². The molecular formula is C23H32F3N7O. The van der Waals surface area contributed by atoms with E-state index in [1.165, 1.54) is 6.07 Å². The maximum atomic E-state index is 15.5. The van der Waals surface area contributed by atoms with E-state index in [2.05, 4.69) is 21.2 Å². The molecule has 0 radical (unpaired) electrons. The van der Waals surface area contributed by atoms with E-state index in [0.29, 0.717) is 24.7 Å². The molecule has 0 heterocycles. The summed E-state index contributed by atoms with van der Waals surface area (Å²) in [6.45, 7) is 9.11. The van der Waals surface area contributed by atoms with Gasteiger partial charge in [0, 0.05) is 25.6 Å². The van der Waals surface area contributed by atoms with E-state index in [4.69, 9.17) is 11.7 Å². The number of urea groups is 1. The monoisotopic (exact) mass is 479 g/mol. The minimum atomic E-state index is -0.936. The largest absolute Gasteiger partial charge is 0.367 e. The number of rotatable bonds is 9. The first-order valence-corrected chi connectivity index (χ1v) is 10.9. The van der Waals surface area contributed by atoms with Gasteiger partial charge in [0.2, 0.25) is 0 Å². The fraction of sp³-hybridized carbons (Fsp3) is 0.391. The van der Waals surface area contributed by atoms with Crippen LogP contribution in [0.15, 0.2) is 35.4 Å². The smallest absolute Gasteiger partial charge is 0.323 e. The number of nitrogens with one attached hydrogen (secondary N) is 3. The first-order chi connectivity index (χ1) is 16.0. The first kappa shape index (κ1) is 26.8. The fourth-order valence-corrected chi connectivity index (χ4v) is 3.51. The Morgan fingerprint density at radius 1 is 0.971 bits per heavy atom. The molecule has 0 bridgehead atoms. The second-order valence-electron chi connectivity index (χ2n) is 8.77. The number of amidine groups is 1. The Kier molecular flexibility index (Phi) is 9.55. The van der Waals surface area contributed by atoms with Crippen molar-refractivity contribution in [2.45, 2.75) is 34.1 Å². The lowest BCUT2D eigenvalue weighted by Crippen LogP contribution is -2.34. The zero-order valence-corrected chi connectivity index (χ0v) is 19.8. The minimum absolute atomic E-state index is 0.0848. The van der Waals surface area contributed by atoms with Crippen LogP contribution in [0, 0.1) is 29.3 Å². The Morgan fingerprint density at radius 3 is 2.12 bits per heavy atom. The van der Waals surface area contributed by atoms with Gasteiger partial charge >= 0.3 is 6.03 Å². The molecular weight excluding hydrogens is 447 g/mol. The van der Waals surface area contributed by atoms with Gasteiger partial charge in [0.25, 0.3) is 0 Å². The molecule has 0 aliphatic carbocycles. The van der Waals surface area contributed by atoms with Gasteiger partial charge in [-0.3, -0.25) is 0 Å². The highest BCUT2D eigenvalue weighted by Gasteiger charge is 2.22. The van der Waals surface area contributed by atoms with Crippen LogP contribution in [-0.4, -0.2) is 25.0 Å². The third-order valence-electron chi connectivity index (χ3n) is 4.73. The average Bonchev–Trinajstić information content (AvgIpc) is 2.72. The highest BCUT2D eigenvalue weighted by Crippen LogP contribution is 2.33. The minimum Gasteiger partial charge on any atom is -0.367 e. The lowest BCUT2D eigenvalue weighted by atomic mass is 10.1. The number of anilines is 3. The zero-order chi connectivity index (χ0) is 25.4. The molecule has 0 aliphatic heterocycles. The molecule has 0 unspecified atom stereocenters. The van der Waals surface area contributed by atoms with Gasteiger partial charge in [-0.1, -0.05) is 27.7 Å². The molecule has 2 aromatic carbocycles. The van der Waals surface area contributed by atoms with Crippen molar-refractivity contribution in [2.24, 2.45) is 28.6 Å². The summed E-state index contributed by atoms with van der Waals surface area (Å²) >= 11 is 0. The van der Waals surface area contributed by atoms with Crippen LogP contribution in [-0.2, 0) is 6.42 Å². The van der Waals surface area contributed by atoms with E-state index in [-0.39, 0.29) is 41.2 Å². The molecule has 2 amide bonds. The Balaban J connectivity index is 2.48. The van der Waals surface area contributed by atoms with Gasteiger partial charge in [-0.05, 0) is 41.7 Å². The number of carbonyl (C=O) groups excluding carboxylic acids is 1. The highest BCUT2D eigenvalue weighted by molar-refractivity contribution is 6.02. The van der Waals surface area contributed by atoms with Crippen LogP contribution < -0.4 is 32.6 Å². The van der Waals surface area contributed by atoms with E-state index in [1.54, 1.807) is 6.07 Å². The molecule has 0 saturated heterocycles. The first-order valence-electron chi connectivity index (χ1n) is 10.9. The van der Waals surface area contributed by atoms with Crippen LogP contribution in [0.2, 0.25) is 0 Å². The molecule has 7 N–H and O–H groups in total. The van der Waals surface area contributed by atoms with Gasteiger partial charge in [0.1, 0.15) is 23.3 Å². The van der Waals surface area contributed by atoms with Crippen LogP contribution >= 0.6 is 0 Å². The van der Waals surface area contributed by atoms with Crippen molar-refractivity contribution in [3.8, 4) is 0 Å². The lowest BCUT2D eigenvalue weighted by molar-refractivity contribution is 0.262. The van der Waals surface area contributed by atoms with E-state index >= 15 is 4.39 Å².